The van der Waals surface area contributed by atoms with Crippen molar-refractivity contribution < 1.29 is 18.5 Å². The van der Waals surface area contributed by atoms with Crippen LogP contribution in [0.3, 0.4) is 0 Å². The van der Waals surface area contributed by atoms with Crippen LogP contribution in [0.5, 0.6) is 0 Å². The molecule has 2 aromatic rings. The Bertz CT molecular complexity index is 798. The summed E-state index contributed by atoms with van der Waals surface area (Å²) in [5.74, 6) is 1.08. The molecule has 1 aliphatic rings. The number of likely N-dealkylation sites (tertiary alicyclic amines) is 1. The minimum Gasteiger partial charge on any atom is -0.456 e. The van der Waals surface area contributed by atoms with Crippen molar-refractivity contribution in [1.82, 2.24) is 15.0 Å². The molecule has 0 aromatic carbocycles. The van der Waals surface area contributed by atoms with Gasteiger partial charge in [-0.2, -0.15) is 4.98 Å². The lowest BCUT2D eigenvalue weighted by Crippen LogP contribution is -2.39. The molecule has 1 fully saturated rings. The van der Waals surface area contributed by atoms with Gasteiger partial charge in [0.2, 0.25) is 5.89 Å². The number of ether oxygens (including phenoxy) is 1. The second kappa shape index (κ2) is 7.60. The summed E-state index contributed by atoms with van der Waals surface area (Å²) in [6.07, 6.45) is 3.12. The van der Waals surface area contributed by atoms with E-state index in [4.69, 9.17) is 13.7 Å². The third-order valence-corrected chi connectivity index (χ3v) is 4.16. The summed E-state index contributed by atoms with van der Waals surface area (Å²) in [6, 6.07) is 2.26. The molecule has 8 nitrogen and oxygen atoms in total. The maximum Gasteiger partial charge on any atom is 0.290 e. The molecular formula is C17H21N3O5. The van der Waals surface area contributed by atoms with Gasteiger partial charge in [0, 0.05) is 32.2 Å². The summed E-state index contributed by atoms with van der Waals surface area (Å²) in [4.78, 5) is 30.6. The van der Waals surface area contributed by atoms with Crippen LogP contribution < -0.4 is 5.43 Å². The van der Waals surface area contributed by atoms with Crippen molar-refractivity contribution in [2.45, 2.75) is 38.6 Å². The first-order valence-corrected chi connectivity index (χ1v) is 8.32. The summed E-state index contributed by atoms with van der Waals surface area (Å²) >= 11 is 0. The zero-order valence-corrected chi connectivity index (χ0v) is 14.4. The Hall–Kier alpha value is -2.48. The van der Waals surface area contributed by atoms with E-state index >= 15 is 0 Å². The van der Waals surface area contributed by atoms with E-state index in [9.17, 15) is 9.59 Å². The standard InChI is InChI=1S/C17H21N3O5/c1-11-9-12(21)10-14(24-11)17(22)20-7-4-3-5-13(20)16-18-15(19-25-16)6-8-23-2/h9-10,13H,3-8H2,1-2H3/t13-/m0/s1. The Labute approximate surface area is 144 Å². The molecule has 134 valence electrons. The van der Waals surface area contributed by atoms with Crippen LogP contribution in [-0.2, 0) is 11.2 Å². The van der Waals surface area contributed by atoms with Crippen molar-refractivity contribution in [2.75, 3.05) is 20.3 Å². The number of amides is 1. The van der Waals surface area contributed by atoms with Crippen LogP contribution in [-0.4, -0.2) is 41.2 Å². The molecule has 25 heavy (non-hydrogen) atoms. The Morgan fingerprint density at radius 3 is 3.00 bits per heavy atom. The minimum atomic E-state index is -0.331. The fourth-order valence-corrected chi connectivity index (χ4v) is 2.98. The van der Waals surface area contributed by atoms with Gasteiger partial charge in [0.1, 0.15) is 11.8 Å². The third-order valence-electron chi connectivity index (χ3n) is 4.16. The van der Waals surface area contributed by atoms with Crippen molar-refractivity contribution in [1.29, 1.82) is 0 Å². The molecule has 0 radical (unpaired) electrons. The van der Waals surface area contributed by atoms with Gasteiger partial charge >= 0.3 is 0 Å². The molecule has 8 heteroatoms. The molecule has 2 aromatic heterocycles. The maximum absolute atomic E-state index is 12.9. The Balaban J connectivity index is 1.84. The number of piperidine rings is 1. The maximum atomic E-state index is 12.9. The zero-order valence-electron chi connectivity index (χ0n) is 14.4. The lowest BCUT2D eigenvalue weighted by atomic mass is 10.0. The number of hydrogen-bond acceptors (Lipinski definition) is 7. The Morgan fingerprint density at radius 1 is 1.40 bits per heavy atom. The van der Waals surface area contributed by atoms with Crippen molar-refractivity contribution >= 4 is 5.91 Å². The van der Waals surface area contributed by atoms with E-state index in [2.05, 4.69) is 10.1 Å². The van der Waals surface area contributed by atoms with Gasteiger partial charge in [-0.3, -0.25) is 9.59 Å². The summed E-state index contributed by atoms with van der Waals surface area (Å²) in [7, 11) is 1.61. The molecule has 0 saturated carbocycles. The average Bonchev–Trinajstić information content (AvgIpc) is 3.07. The number of rotatable bonds is 5. The van der Waals surface area contributed by atoms with Crippen LogP contribution in [0.4, 0.5) is 0 Å². The molecule has 1 saturated heterocycles. The predicted octanol–water partition coefficient (Wildman–Crippen LogP) is 1.89. The second-order valence-corrected chi connectivity index (χ2v) is 6.07. The number of hydrogen-bond donors (Lipinski definition) is 0. The Kier molecular flexibility index (Phi) is 5.28. The van der Waals surface area contributed by atoms with Gasteiger partial charge in [0.05, 0.1) is 6.61 Å². The molecule has 0 aliphatic carbocycles. The smallest absolute Gasteiger partial charge is 0.290 e. The molecule has 3 heterocycles. The number of aromatic nitrogens is 2. The topological polar surface area (TPSA) is 98.7 Å². The van der Waals surface area contributed by atoms with Crippen LogP contribution in [0, 0.1) is 6.92 Å². The monoisotopic (exact) mass is 347 g/mol. The van der Waals surface area contributed by atoms with Gasteiger partial charge in [-0.15, -0.1) is 0 Å². The fraction of sp³-hybridized carbons (Fsp3) is 0.529. The predicted molar refractivity (Wildman–Crippen MR) is 87.2 cm³/mol. The fourth-order valence-electron chi connectivity index (χ4n) is 2.98. The van der Waals surface area contributed by atoms with E-state index in [0.29, 0.717) is 37.0 Å². The zero-order chi connectivity index (χ0) is 17.8. The lowest BCUT2D eigenvalue weighted by Gasteiger charge is -2.32. The quantitative estimate of drug-likeness (QED) is 0.814. The molecule has 0 N–H and O–H groups in total. The van der Waals surface area contributed by atoms with Crippen LogP contribution in [0.15, 0.2) is 25.9 Å². The van der Waals surface area contributed by atoms with E-state index in [-0.39, 0.29) is 23.1 Å². The minimum absolute atomic E-state index is 0.0380. The largest absolute Gasteiger partial charge is 0.456 e. The summed E-state index contributed by atoms with van der Waals surface area (Å²) in [5, 5.41) is 3.95. The van der Waals surface area contributed by atoms with E-state index < -0.39 is 0 Å². The third kappa shape index (κ3) is 3.96. The van der Waals surface area contributed by atoms with Crippen LogP contribution >= 0.6 is 0 Å². The highest BCUT2D eigenvalue weighted by atomic mass is 16.5. The number of aryl methyl sites for hydroxylation is 1. The molecule has 1 amide bonds. The molecule has 0 bridgehead atoms. The number of nitrogens with zero attached hydrogens (tertiary/aromatic N) is 3. The number of methoxy groups -OCH3 is 1. The highest BCUT2D eigenvalue weighted by Crippen LogP contribution is 2.31. The van der Waals surface area contributed by atoms with Gasteiger partial charge in [0.25, 0.3) is 5.91 Å². The lowest BCUT2D eigenvalue weighted by molar-refractivity contribution is 0.0525. The number of carbonyl (C=O) groups is 1. The summed E-state index contributed by atoms with van der Waals surface area (Å²) in [6.45, 7) is 2.70. The first-order chi connectivity index (χ1) is 12.1. The number of carbonyl (C=O) groups excluding carboxylic acids is 1. The summed E-state index contributed by atoms with van der Waals surface area (Å²) in [5.41, 5.74) is -0.250. The van der Waals surface area contributed by atoms with Crippen LogP contribution in [0.2, 0.25) is 0 Å². The molecular weight excluding hydrogens is 326 g/mol. The van der Waals surface area contributed by atoms with E-state index in [0.717, 1.165) is 19.3 Å². The van der Waals surface area contributed by atoms with E-state index in [1.54, 1.807) is 18.9 Å². The first-order valence-electron chi connectivity index (χ1n) is 8.32. The van der Waals surface area contributed by atoms with Crippen LogP contribution in [0.1, 0.15) is 53.3 Å². The van der Waals surface area contributed by atoms with Crippen molar-refractivity contribution in [3.63, 3.8) is 0 Å². The van der Waals surface area contributed by atoms with Crippen molar-refractivity contribution in [3.8, 4) is 0 Å². The molecule has 0 spiro atoms. The highest BCUT2D eigenvalue weighted by Gasteiger charge is 2.33. The van der Waals surface area contributed by atoms with Gasteiger partial charge in [-0.25, -0.2) is 0 Å². The van der Waals surface area contributed by atoms with E-state index in [1.165, 1.54) is 12.1 Å². The SMILES string of the molecule is COCCc1noc([C@@H]2CCCCN2C(=O)c2cc(=O)cc(C)o2)n1. The molecule has 0 unspecified atom stereocenters. The molecule has 1 aliphatic heterocycles. The van der Waals surface area contributed by atoms with Gasteiger partial charge < -0.3 is 18.6 Å². The van der Waals surface area contributed by atoms with Gasteiger partial charge in [0.15, 0.2) is 17.0 Å². The molecule has 3 rings (SSSR count). The first kappa shape index (κ1) is 17.3. The van der Waals surface area contributed by atoms with Crippen molar-refractivity contribution in [3.05, 3.63) is 45.6 Å². The van der Waals surface area contributed by atoms with Crippen LogP contribution in [0.25, 0.3) is 0 Å². The van der Waals surface area contributed by atoms with Crippen molar-refractivity contribution in [2.24, 2.45) is 0 Å². The van der Waals surface area contributed by atoms with Gasteiger partial charge in [-0.05, 0) is 26.2 Å². The normalized spacial score (nSPS) is 17.7. The molecule has 1 atom stereocenters. The van der Waals surface area contributed by atoms with Gasteiger partial charge in [-0.1, -0.05) is 5.16 Å². The average molecular weight is 347 g/mol. The summed E-state index contributed by atoms with van der Waals surface area (Å²) < 4.78 is 15.8. The second-order valence-electron chi connectivity index (χ2n) is 6.07. The highest BCUT2D eigenvalue weighted by molar-refractivity contribution is 5.91. The Morgan fingerprint density at radius 2 is 2.24 bits per heavy atom. The van der Waals surface area contributed by atoms with E-state index in [1.807, 2.05) is 0 Å².